The Labute approximate surface area is 132 Å². The third-order valence-corrected chi connectivity index (χ3v) is 4.04. The average molecular weight is 312 g/mol. The van der Waals surface area contributed by atoms with Gasteiger partial charge in [0.2, 0.25) is 0 Å². The summed E-state index contributed by atoms with van der Waals surface area (Å²) in [6.07, 6.45) is 1.74. The van der Waals surface area contributed by atoms with E-state index in [1.54, 1.807) is 11.3 Å². The maximum Gasteiger partial charge on any atom is 0.407 e. The lowest BCUT2D eigenvalue weighted by Gasteiger charge is -2.24. The SMILES string of the molecule is CCCC(CNC(=O)OC(C)(C)C)NC(C)c1cccs1. The number of alkyl carbamates (subject to hydrolysis) is 1. The van der Waals surface area contributed by atoms with Crippen molar-refractivity contribution in [3.63, 3.8) is 0 Å². The molecule has 0 aliphatic heterocycles. The van der Waals surface area contributed by atoms with Gasteiger partial charge in [-0.2, -0.15) is 0 Å². The summed E-state index contributed by atoms with van der Waals surface area (Å²) in [5, 5.41) is 8.52. The van der Waals surface area contributed by atoms with E-state index in [-0.39, 0.29) is 12.1 Å². The van der Waals surface area contributed by atoms with Gasteiger partial charge in [-0.1, -0.05) is 19.4 Å². The van der Waals surface area contributed by atoms with Gasteiger partial charge in [-0.05, 0) is 45.6 Å². The molecule has 0 radical (unpaired) electrons. The first-order valence-corrected chi connectivity index (χ1v) is 8.46. The largest absolute Gasteiger partial charge is 0.444 e. The van der Waals surface area contributed by atoms with E-state index in [2.05, 4.69) is 42.0 Å². The predicted octanol–water partition coefficient (Wildman–Crippen LogP) is 4.09. The fraction of sp³-hybridized carbons (Fsp3) is 0.688. The summed E-state index contributed by atoms with van der Waals surface area (Å²) < 4.78 is 5.27. The van der Waals surface area contributed by atoms with E-state index in [9.17, 15) is 4.79 Å². The summed E-state index contributed by atoms with van der Waals surface area (Å²) in [7, 11) is 0. The summed E-state index contributed by atoms with van der Waals surface area (Å²) in [5.74, 6) is 0. The Bertz CT molecular complexity index is 412. The van der Waals surface area contributed by atoms with Gasteiger partial charge in [0.15, 0.2) is 0 Å². The predicted molar refractivity (Wildman–Crippen MR) is 88.8 cm³/mol. The summed E-state index contributed by atoms with van der Waals surface area (Å²) in [6.45, 7) is 10.5. The minimum Gasteiger partial charge on any atom is -0.444 e. The molecule has 1 heterocycles. The summed E-state index contributed by atoms with van der Waals surface area (Å²) >= 11 is 1.75. The number of nitrogens with one attached hydrogen (secondary N) is 2. The lowest BCUT2D eigenvalue weighted by molar-refractivity contribution is 0.0521. The smallest absolute Gasteiger partial charge is 0.407 e. The van der Waals surface area contributed by atoms with Crippen molar-refractivity contribution < 1.29 is 9.53 Å². The minimum absolute atomic E-state index is 0.250. The highest BCUT2D eigenvalue weighted by Gasteiger charge is 2.18. The van der Waals surface area contributed by atoms with Gasteiger partial charge >= 0.3 is 6.09 Å². The second kappa shape index (κ2) is 8.39. The van der Waals surface area contributed by atoms with Crippen LogP contribution in [0.4, 0.5) is 4.79 Å². The van der Waals surface area contributed by atoms with Crippen molar-refractivity contribution in [3.8, 4) is 0 Å². The second-order valence-electron chi connectivity index (χ2n) is 6.27. The molecule has 5 heteroatoms. The van der Waals surface area contributed by atoms with E-state index in [4.69, 9.17) is 4.74 Å². The lowest BCUT2D eigenvalue weighted by Crippen LogP contribution is -2.43. The summed E-state index contributed by atoms with van der Waals surface area (Å²) in [5.41, 5.74) is -0.456. The van der Waals surface area contributed by atoms with Crippen LogP contribution in [0.1, 0.15) is 58.4 Å². The summed E-state index contributed by atoms with van der Waals surface area (Å²) in [4.78, 5) is 13.0. The maximum absolute atomic E-state index is 11.7. The van der Waals surface area contributed by atoms with Gasteiger partial charge < -0.3 is 15.4 Å². The molecular formula is C16H28N2O2S. The Hall–Kier alpha value is -1.07. The molecule has 0 bridgehead atoms. The number of amides is 1. The van der Waals surface area contributed by atoms with Crippen LogP contribution in [0.25, 0.3) is 0 Å². The standard InChI is InChI=1S/C16H28N2O2S/c1-6-8-13(11-17-15(19)20-16(3,4)5)18-12(2)14-9-7-10-21-14/h7,9-10,12-13,18H,6,8,11H2,1-5H3,(H,17,19). The van der Waals surface area contributed by atoms with Crippen LogP contribution in [0.5, 0.6) is 0 Å². The Morgan fingerprint density at radius 3 is 2.67 bits per heavy atom. The third-order valence-electron chi connectivity index (χ3n) is 2.98. The van der Waals surface area contributed by atoms with Crippen molar-refractivity contribution >= 4 is 17.4 Å². The topological polar surface area (TPSA) is 50.4 Å². The summed E-state index contributed by atoms with van der Waals surface area (Å²) in [6, 6.07) is 4.74. The number of hydrogen-bond donors (Lipinski definition) is 2. The van der Waals surface area contributed by atoms with Crippen LogP contribution in [0.15, 0.2) is 17.5 Å². The fourth-order valence-electron chi connectivity index (χ4n) is 2.09. The molecule has 1 aromatic heterocycles. The van der Waals surface area contributed by atoms with Crippen LogP contribution in [-0.4, -0.2) is 24.3 Å². The Balaban J connectivity index is 2.44. The Kier molecular flexibility index (Phi) is 7.18. The van der Waals surface area contributed by atoms with Crippen LogP contribution in [0.3, 0.4) is 0 Å². The van der Waals surface area contributed by atoms with E-state index in [0.717, 1.165) is 12.8 Å². The molecule has 0 fully saturated rings. The van der Waals surface area contributed by atoms with Crippen molar-refractivity contribution in [2.24, 2.45) is 0 Å². The number of carbonyl (C=O) groups excluding carboxylic acids is 1. The van der Waals surface area contributed by atoms with Crippen molar-refractivity contribution in [1.29, 1.82) is 0 Å². The first-order valence-electron chi connectivity index (χ1n) is 7.58. The van der Waals surface area contributed by atoms with Crippen molar-refractivity contribution in [1.82, 2.24) is 10.6 Å². The van der Waals surface area contributed by atoms with Crippen LogP contribution in [0, 0.1) is 0 Å². The quantitative estimate of drug-likeness (QED) is 0.797. The molecule has 0 aliphatic carbocycles. The van der Waals surface area contributed by atoms with Gasteiger partial charge in [0.05, 0.1) is 0 Å². The van der Waals surface area contributed by atoms with Crippen LogP contribution in [0.2, 0.25) is 0 Å². The first kappa shape index (κ1) is 18.0. The molecule has 0 aliphatic rings. The van der Waals surface area contributed by atoms with E-state index in [1.165, 1.54) is 4.88 Å². The van der Waals surface area contributed by atoms with Gasteiger partial charge in [-0.15, -0.1) is 11.3 Å². The van der Waals surface area contributed by atoms with E-state index in [1.807, 2.05) is 20.8 Å². The maximum atomic E-state index is 11.7. The van der Waals surface area contributed by atoms with Gasteiger partial charge in [0.25, 0.3) is 0 Å². The molecule has 1 aromatic rings. The zero-order valence-electron chi connectivity index (χ0n) is 13.7. The molecule has 4 nitrogen and oxygen atoms in total. The second-order valence-corrected chi connectivity index (χ2v) is 7.25. The molecule has 1 rings (SSSR count). The van der Waals surface area contributed by atoms with Crippen LogP contribution in [-0.2, 0) is 4.74 Å². The molecule has 0 spiro atoms. The van der Waals surface area contributed by atoms with Crippen LogP contribution < -0.4 is 10.6 Å². The molecule has 2 unspecified atom stereocenters. The monoisotopic (exact) mass is 312 g/mol. The third kappa shape index (κ3) is 7.48. The molecule has 2 N–H and O–H groups in total. The molecule has 120 valence electrons. The molecular weight excluding hydrogens is 284 g/mol. The first-order chi connectivity index (χ1) is 9.81. The number of carbonyl (C=O) groups is 1. The number of hydrogen-bond acceptors (Lipinski definition) is 4. The van der Waals surface area contributed by atoms with Gasteiger partial charge in [0, 0.05) is 23.5 Å². The highest BCUT2D eigenvalue weighted by atomic mass is 32.1. The zero-order valence-corrected chi connectivity index (χ0v) is 14.5. The Morgan fingerprint density at radius 1 is 1.43 bits per heavy atom. The fourth-order valence-corrected chi connectivity index (χ4v) is 2.83. The van der Waals surface area contributed by atoms with E-state index in [0.29, 0.717) is 12.6 Å². The van der Waals surface area contributed by atoms with Crippen molar-refractivity contribution in [2.75, 3.05) is 6.54 Å². The van der Waals surface area contributed by atoms with Gasteiger partial charge in [-0.3, -0.25) is 0 Å². The zero-order chi connectivity index (χ0) is 15.9. The molecule has 0 aromatic carbocycles. The van der Waals surface area contributed by atoms with E-state index < -0.39 is 5.60 Å². The van der Waals surface area contributed by atoms with Gasteiger partial charge in [-0.25, -0.2) is 4.79 Å². The molecule has 0 saturated carbocycles. The number of rotatable bonds is 7. The van der Waals surface area contributed by atoms with Crippen LogP contribution >= 0.6 is 11.3 Å². The van der Waals surface area contributed by atoms with Crippen molar-refractivity contribution in [2.45, 2.75) is 65.1 Å². The number of thiophene rings is 1. The average Bonchev–Trinajstić information content (AvgIpc) is 2.88. The minimum atomic E-state index is -0.456. The Morgan fingerprint density at radius 2 is 2.14 bits per heavy atom. The lowest BCUT2D eigenvalue weighted by atomic mass is 10.1. The molecule has 2 atom stereocenters. The molecule has 21 heavy (non-hydrogen) atoms. The molecule has 1 amide bonds. The number of ether oxygens (including phenoxy) is 1. The highest BCUT2D eigenvalue weighted by molar-refractivity contribution is 7.10. The van der Waals surface area contributed by atoms with Crippen molar-refractivity contribution in [3.05, 3.63) is 22.4 Å². The van der Waals surface area contributed by atoms with Gasteiger partial charge in [0.1, 0.15) is 5.60 Å². The molecule has 0 saturated heterocycles. The van der Waals surface area contributed by atoms with E-state index >= 15 is 0 Å². The highest BCUT2D eigenvalue weighted by Crippen LogP contribution is 2.19. The normalized spacial score (nSPS) is 14.5.